The molecule has 5 rings (SSSR count). The Morgan fingerprint density at radius 1 is 1.20 bits per heavy atom. The van der Waals surface area contributed by atoms with Gasteiger partial charge in [0.1, 0.15) is 11.5 Å². The Morgan fingerprint density at radius 3 is 2.64 bits per heavy atom. The molecule has 132 valence electrons. The maximum Gasteiger partial charge on any atom is 0.292 e. The molecule has 2 aliphatic heterocycles. The Hall–Kier alpha value is -1.56. The molecule has 1 N–H and O–H groups in total. The van der Waals surface area contributed by atoms with Gasteiger partial charge in [0, 0.05) is 18.7 Å². The molecule has 3 heterocycles. The minimum Gasteiger partial charge on any atom is -0.443 e. The Morgan fingerprint density at radius 2 is 1.96 bits per heavy atom. The smallest absolute Gasteiger partial charge is 0.292 e. The van der Waals surface area contributed by atoms with Gasteiger partial charge in [0.25, 0.3) is 5.79 Å². The lowest BCUT2D eigenvalue weighted by molar-refractivity contribution is -0.0721. The molecule has 1 unspecified atom stereocenters. The second kappa shape index (κ2) is 5.73. The summed E-state index contributed by atoms with van der Waals surface area (Å²) >= 11 is 5.90. The van der Waals surface area contributed by atoms with Crippen molar-refractivity contribution in [1.29, 1.82) is 0 Å². The van der Waals surface area contributed by atoms with Gasteiger partial charge in [-0.15, -0.1) is 12.4 Å². The Kier molecular flexibility index (Phi) is 3.87. The molecule has 1 saturated heterocycles. The topological polar surface area (TPSA) is 43.4 Å². The molecule has 3 aliphatic rings. The Balaban J connectivity index is 0.00000157. The third-order valence-electron chi connectivity index (χ3n) is 5.33. The zero-order valence-electron chi connectivity index (χ0n) is 13.5. The van der Waals surface area contributed by atoms with E-state index in [1.54, 1.807) is 31.3 Å². The van der Waals surface area contributed by atoms with Gasteiger partial charge in [-0.1, -0.05) is 11.6 Å². The number of rotatable bonds is 2. The first-order valence-corrected chi connectivity index (χ1v) is 8.48. The van der Waals surface area contributed by atoms with Gasteiger partial charge >= 0.3 is 0 Å². The van der Waals surface area contributed by atoms with Crippen molar-refractivity contribution in [3.8, 4) is 11.5 Å². The Labute approximate surface area is 156 Å². The predicted molar refractivity (Wildman–Crippen MR) is 94.1 cm³/mol. The quantitative estimate of drug-likeness (QED) is 0.855. The number of nitrogens with one attached hydrogen (secondary N) is 1. The molecular formula is C18H17Cl2FN2O2. The molecule has 0 amide bonds. The van der Waals surface area contributed by atoms with E-state index in [9.17, 15) is 4.39 Å². The average molecular weight is 383 g/mol. The number of pyridine rings is 1. The van der Waals surface area contributed by atoms with E-state index in [2.05, 4.69) is 10.3 Å². The van der Waals surface area contributed by atoms with Crippen LogP contribution in [0.1, 0.15) is 24.1 Å². The fourth-order valence-electron chi connectivity index (χ4n) is 4.07. The highest BCUT2D eigenvalue weighted by Crippen LogP contribution is 2.61. The number of piperidine rings is 1. The lowest BCUT2D eigenvalue weighted by Gasteiger charge is -2.22. The number of hydrogen-bond acceptors (Lipinski definition) is 4. The van der Waals surface area contributed by atoms with Crippen LogP contribution in [0, 0.1) is 17.7 Å². The molecule has 25 heavy (non-hydrogen) atoms. The summed E-state index contributed by atoms with van der Waals surface area (Å²) in [5, 5.41) is 3.88. The zero-order valence-corrected chi connectivity index (χ0v) is 15.0. The van der Waals surface area contributed by atoms with Gasteiger partial charge in [0.05, 0.1) is 5.02 Å². The monoisotopic (exact) mass is 382 g/mol. The van der Waals surface area contributed by atoms with Crippen LogP contribution in [0.3, 0.4) is 0 Å². The fourth-order valence-corrected chi connectivity index (χ4v) is 4.18. The molecule has 1 saturated carbocycles. The van der Waals surface area contributed by atoms with Crippen LogP contribution in [-0.2, 0) is 5.79 Å². The molecule has 0 spiro atoms. The van der Waals surface area contributed by atoms with Crippen LogP contribution in [0.15, 0.2) is 30.5 Å². The molecule has 4 atom stereocenters. The molecule has 1 aromatic heterocycles. The normalized spacial score (nSPS) is 31.4. The van der Waals surface area contributed by atoms with E-state index in [4.69, 9.17) is 21.1 Å². The number of benzene rings is 1. The number of aromatic nitrogens is 1. The van der Waals surface area contributed by atoms with E-state index in [0.29, 0.717) is 39.6 Å². The maximum atomic E-state index is 14.6. The van der Waals surface area contributed by atoms with E-state index in [0.717, 1.165) is 13.1 Å². The van der Waals surface area contributed by atoms with Crippen molar-refractivity contribution in [2.45, 2.75) is 18.6 Å². The first-order valence-electron chi connectivity index (χ1n) is 8.10. The van der Waals surface area contributed by atoms with Crippen LogP contribution in [0.25, 0.3) is 0 Å². The van der Waals surface area contributed by atoms with Crippen molar-refractivity contribution < 1.29 is 13.9 Å². The van der Waals surface area contributed by atoms with Crippen molar-refractivity contribution >= 4 is 24.0 Å². The summed E-state index contributed by atoms with van der Waals surface area (Å²) < 4.78 is 26.7. The van der Waals surface area contributed by atoms with Crippen LogP contribution in [0.4, 0.5) is 4.39 Å². The Bertz CT molecular complexity index is 823. The summed E-state index contributed by atoms with van der Waals surface area (Å²) in [4.78, 5) is 4.30. The second-order valence-corrected chi connectivity index (χ2v) is 7.25. The summed E-state index contributed by atoms with van der Waals surface area (Å²) in [5.74, 6) is 1.01. The van der Waals surface area contributed by atoms with Crippen molar-refractivity contribution in [3.05, 3.63) is 52.6 Å². The third-order valence-corrected chi connectivity index (χ3v) is 5.55. The lowest BCUT2D eigenvalue weighted by Crippen LogP contribution is -2.32. The summed E-state index contributed by atoms with van der Waals surface area (Å²) in [5.41, 5.74) is 1.26. The molecule has 1 aliphatic carbocycles. The summed E-state index contributed by atoms with van der Waals surface area (Å²) in [6, 6.07) is 6.61. The zero-order chi connectivity index (χ0) is 16.5. The average Bonchev–Trinajstić information content (AvgIpc) is 2.92. The summed E-state index contributed by atoms with van der Waals surface area (Å²) in [6.45, 7) is 3.67. The standard InChI is InChI=1S/C18H16ClFN2O2.ClH/c1-18(14-5-2-9(19)6-22-14)23-13-4-3-12(20)16(17(13)24-18)15-10-7-21-8-11(10)15;/h2-6,10-11,15,21H,7-8H2,1H3;1H/t10-,11+,15-,18?;. The molecule has 0 bridgehead atoms. The summed E-state index contributed by atoms with van der Waals surface area (Å²) in [7, 11) is 0. The predicted octanol–water partition coefficient (Wildman–Crippen LogP) is 3.87. The van der Waals surface area contributed by atoms with Crippen molar-refractivity contribution in [2.24, 2.45) is 11.8 Å². The first kappa shape index (κ1) is 16.9. The third kappa shape index (κ3) is 2.48. The number of fused-ring (bicyclic) bond motifs is 2. The number of hydrogen-bond donors (Lipinski definition) is 1. The van der Waals surface area contributed by atoms with Crippen LogP contribution < -0.4 is 14.8 Å². The van der Waals surface area contributed by atoms with Crippen LogP contribution >= 0.6 is 24.0 Å². The van der Waals surface area contributed by atoms with E-state index in [1.165, 1.54) is 6.07 Å². The molecular weight excluding hydrogens is 366 g/mol. The van der Waals surface area contributed by atoms with Crippen LogP contribution in [0.2, 0.25) is 5.02 Å². The molecule has 0 radical (unpaired) electrons. The van der Waals surface area contributed by atoms with E-state index < -0.39 is 5.79 Å². The highest BCUT2D eigenvalue weighted by atomic mass is 35.5. The minimum absolute atomic E-state index is 0. The number of ether oxygens (including phenoxy) is 2. The van der Waals surface area contributed by atoms with Crippen molar-refractivity contribution in [1.82, 2.24) is 10.3 Å². The van der Waals surface area contributed by atoms with Crippen LogP contribution in [0.5, 0.6) is 11.5 Å². The van der Waals surface area contributed by atoms with Crippen molar-refractivity contribution in [2.75, 3.05) is 13.1 Å². The highest BCUT2D eigenvalue weighted by Gasteiger charge is 2.57. The SMILES string of the molecule is CC1(c2ccc(Cl)cn2)Oc2ccc(F)c([C@@H]3[C@@H]4CNC[C@@H]43)c2O1.Cl. The van der Waals surface area contributed by atoms with Gasteiger partial charge in [-0.2, -0.15) is 0 Å². The van der Waals surface area contributed by atoms with E-state index in [1.807, 2.05) is 0 Å². The van der Waals surface area contributed by atoms with Crippen LogP contribution in [-0.4, -0.2) is 18.1 Å². The molecule has 2 aromatic rings. The molecule has 2 fully saturated rings. The van der Waals surface area contributed by atoms with Gasteiger partial charge in [-0.05, 0) is 55.1 Å². The van der Waals surface area contributed by atoms with Gasteiger partial charge in [0.2, 0.25) is 0 Å². The summed E-state index contributed by atoms with van der Waals surface area (Å²) in [6.07, 6.45) is 1.55. The lowest BCUT2D eigenvalue weighted by atomic mass is 10.0. The maximum absolute atomic E-state index is 14.6. The number of nitrogens with zero attached hydrogens (tertiary/aromatic N) is 1. The molecule has 4 nitrogen and oxygen atoms in total. The van der Waals surface area contributed by atoms with Gasteiger partial charge in [-0.25, -0.2) is 4.39 Å². The minimum atomic E-state index is -1.07. The van der Waals surface area contributed by atoms with Gasteiger partial charge < -0.3 is 14.8 Å². The van der Waals surface area contributed by atoms with Crippen molar-refractivity contribution in [3.63, 3.8) is 0 Å². The number of halogens is 3. The molecule has 1 aromatic carbocycles. The van der Waals surface area contributed by atoms with E-state index in [-0.39, 0.29) is 24.1 Å². The molecule has 7 heteroatoms. The second-order valence-electron chi connectivity index (χ2n) is 6.81. The van der Waals surface area contributed by atoms with Gasteiger partial charge in [0.15, 0.2) is 11.5 Å². The fraction of sp³-hybridized carbons (Fsp3) is 0.389. The van der Waals surface area contributed by atoms with Gasteiger partial charge in [-0.3, -0.25) is 4.98 Å². The highest BCUT2D eigenvalue weighted by molar-refractivity contribution is 6.30. The largest absolute Gasteiger partial charge is 0.443 e. The van der Waals surface area contributed by atoms with E-state index >= 15 is 0 Å². The first-order chi connectivity index (χ1) is 11.6.